The van der Waals surface area contributed by atoms with Crippen LogP contribution >= 0.6 is 0 Å². The Balaban J connectivity index is 2.42. The van der Waals surface area contributed by atoms with E-state index in [1.165, 1.54) is 180 Å². The van der Waals surface area contributed by atoms with E-state index in [4.69, 9.17) is 9.47 Å². The largest absolute Gasteiger partial charge is 0.397 e. The number of hydrogen-bond acceptors (Lipinski definition) is 10. The highest BCUT2D eigenvalue weighted by Gasteiger charge is 2.48. The smallest absolute Gasteiger partial charge is 0.394 e. The van der Waals surface area contributed by atoms with Crippen LogP contribution in [0.1, 0.15) is 251 Å². The van der Waals surface area contributed by atoms with Gasteiger partial charge in [0.1, 0.15) is 24.4 Å². The lowest BCUT2D eigenvalue weighted by Crippen LogP contribution is -2.61. The number of carbonyl (C=O) groups is 1. The maximum atomic E-state index is 13.1. The Morgan fingerprint density at radius 1 is 0.591 bits per heavy atom. The second kappa shape index (κ2) is 43.6. The van der Waals surface area contributed by atoms with Crippen molar-refractivity contribution in [1.29, 1.82) is 0 Å². The predicted molar refractivity (Wildman–Crippen MR) is 269 cm³/mol. The van der Waals surface area contributed by atoms with E-state index in [0.717, 1.165) is 44.9 Å². The molecule has 66 heavy (non-hydrogen) atoms. The number of aliphatic hydroxyl groups is 4. The van der Waals surface area contributed by atoms with E-state index in [-0.39, 0.29) is 18.9 Å². The van der Waals surface area contributed by atoms with Gasteiger partial charge in [0.2, 0.25) is 5.91 Å². The van der Waals surface area contributed by atoms with Gasteiger partial charge < -0.3 is 35.2 Å². The predicted octanol–water partition coefficient (Wildman–Crippen LogP) is 12.1. The van der Waals surface area contributed by atoms with Gasteiger partial charge in [-0.05, 0) is 44.9 Å². The number of amides is 1. The number of carbonyl (C=O) groups excluding carboxylic acids is 1. The van der Waals surface area contributed by atoms with E-state index in [9.17, 15) is 38.2 Å². The summed E-state index contributed by atoms with van der Waals surface area (Å²) < 4.78 is 47.8. The van der Waals surface area contributed by atoms with Gasteiger partial charge in [-0.2, -0.15) is 8.42 Å². The van der Waals surface area contributed by atoms with E-state index in [2.05, 4.69) is 35.5 Å². The van der Waals surface area contributed by atoms with Crippen molar-refractivity contribution < 1.29 is 51.8 Å². The fourth-order valence-corrected chi connectivity index (χ4v) is 9.25. The van der Waals surface area contributed by atoms with Crippen LogP contribution in [0.2, 0.25) is 0 Å². The van der Waals surface area contributed by atoms with Crippen LogP contribution in [0.15, 0.2) is 24.3 Å². The average molecular weight is 960 g/mol. The lowest BCUT2D eigenvalue weighted by molar-refractivity contribution is -0.298. The Morgan fingerprint density at radius 2 is 0.970 bits per heavy atom. The average Bonchev–Trinajstić information content (AvgIpc) is 3.29. The quantitative estimate of drug-likeness (QED) is 0.0193. The number of ether oxygens (including phenoxy) is 2. The zero-order chi connectivity index (χ0) is 48.4. The fourth-order valence-electron chi connectivity index (χ4n) is 8.74. The molecule has 0 bridgehead atoms. The fraction of sp³-hybridized carbons (Fsp3) is 0.906. The number of allylic oxidation sites excluding steroid dienone is 3. The van der Waals surface area contributed by atoms with Crippen LogP contribution in [-0.4, -0.2) is 95.4 Å². The number of aliphatic hydroxyl groups excluding tert-OH is 4. The molecule has 1 rings (SSSR count). The molecule has 390 valence electrons. The van der Waals surface area contributed by atoms with Gasteiger partial charge in [0.05, 0.1) is 25.4 Å². The summed E-state index contributed by atoms with van der Waals surface area (Å²) in [5.41, 5.74) is 0. The molecule has 1 saturated heterocycles. The van der Waals surface area contributed by atoms with Crippen LogP contribution in [0.4, 0.5) is 0 Å². The number of unbranched alkanes of at least 4 members (excludes halogenated alkanes) is 33. The third-order valence-corrected chi connectivity index (χ3v) is 13.4. The molecule has 0 aromatic carbocycles. The minimum absolute atomic E-state index is 0.264. The van der Waals surface area contributed by atoms with E-state index in [1.807, 2.05) is 6.08 Å². The van der Waals surface area contributed by atoms with Crippen molar-refractivity contribution in [2.24, 2.45) is 0 Å². The SMILES string of the molecule is CCCCCCCCCCCC/C=C\CCCCCCCCCC(=O)NC(COC1OC(CO)C(O)C(OS(=O)(=O)O)C1O)C(O)/C=C/CCCCCCCCCCCCCCCCCC. The molecule has 6 N–H and O–H groups in total. The number of hydrogen-bond donors (Lipinski definition) is 6. The summed E-state index contributed by atoms with van der Waals surface area (Å²) in [5.74, 6) is -0.264. The van der Waals surface area contributed by atoms with Crippen LogP contribution in [-0.2, 0) is 28.9 Å². The summed E-state index contributed by atoms with van der Waals surface area (Å²) in [7, 11) is -5.09. The molecule has 1 aliphatic rings. The van der Waals surface area contributed by atoms with Crippen molar-refractivity contribution in [3.8, 4) is 0 Å². The molecule has 0 radical (unpaired) electrons. The Morgan fingerprint density at radius 3 is 1.36 bits per heavy atom. The maximum absolute atomic E-state index is 13.1. The molecule has 0 spiro atoms. The first-order valence-corrected chi connectivity index (χ1v) is 28.6. The van der Waals surface area contributed by atoms with Crippen molar-refractivity contribution in [2.75, 3.05) is 13.2 Å². The minimum atomic E-state index is -5.09. The van der Waals surface area contributed by atoms with Crippen molar-refractivity contribution >= 4 is 16.3 Å². The molecule has 0 aromatic heterocycles. The molecule has 0 aromatic rings. The van der Waals surface area contributed by atoms with Crippen molar-refractivity contribution in [2.45, 2.75) is 294 Å². The highest BCUT2D eigenvalue weighted by atomic mass is 32.3. The second-order valence-corrected chi connectivity index (χ2v) is 20.2. The lowest BCUT2D eigenvalue weighted by Gasteiger charge is -2.41. The van der Waals surface area contributed by atoms with E-state index in [0.29, 0.717) is 6.42 Å². The number of rotatable bonds is 47. The first-order chi connectivity index (χ1) is 32.0. The van der Waals surface area contributed by atoms with Gasteiger partial charge in [0, 0.05) is 6.42 Å². The van der Waals surface area contributed by atoms with Crippen LogP contribution < -0.4 is 5.32 Å². The van der Waals surface area contributed by atoms with Crippen molar-refractivity contribution in [3.63, 3.8) is 0 Å². The van der Waals surface area contributed by atoms with Crippen LogP contribution in [0, 0.1) is 0 Å². The zero-order valence-electron chi connectivity index (χ0n) is 42.0. The Bertz CT molecular complexity index is 1270. The maximum Gasteiger partial charge on any atom is 0.397 e. The Hall–Kier alpha value is -1.42. The molecule has 13 heteroatoms. The summed E-state index contributed by atoms with van der Waals surface area (Å²) in [6.45, 7) is 3.42. The lowest BCUT2D eigenvalue weighted by atomic mass is 9.99. The summed E-state index contributed by atoms with van der Waals surface area (Å²) >= 11 is 0. The molecule has 1 amide bonds. The molecule has 1 fully saturated rings. The van der Waals surface area contributed by atoms with Crippen molar-refractivity contribution in [1.82, 2.24) is 5.32 Å². The summed E-state index contributed by atoms with van der Waals surface area (Å²) in [4.78, 5) is 13.1. The van der Waals surface area contributed by atoms with Crippen LogP contribution in [0.3, 0.4) is 0 Å². The van der Waals surface area contributed by atoms with Crippen molar-refractivity contribution in [3.05, 3.63) is 24.3 Å². The van der Waals surface area contributed by atoms with Gasteiger partial charge in [-0.25, -0.2) is 4.18 Å². The molecule has 7 atom stereocenters. The molecule has 0 aliphatic carbocycles. The summed E-state index contributed by atoms with van der Waals surface area (Å²) in [6, 6.07) is -0.945. The first kappa shape index (κ1) is 62.6. The molecule has 12 nitrogen and oxygen atoms in total. The molecule has 7 unspecified atom stereocenters. The van der Waals surface area contributed by atoms with Crippen LogP contribution in [0.25, 0.3) is 0 Å². The third kappa shape index (κ3) is 35.7. The van der Waals surface area contributed by atoms with Gasteiger partial charge in [-0.1, -0.05) is 224 Å². The third-order valence-electron chi connectivity index (χ3n) is 13.0. The topological polar surface area (TPSA) is 192 Å². The van der Waals surface area contributed by atoms with E-state index in [1.54, 1.807) is 6.08 Å². The Labute approximate surface area is 403 Å². The first-order valence-electron chi connectivity index (χ1n) is 27.2. The summed E-state index contributed by atoms with van der Waals surface area (Å²) in [6.07, 6.45) is 43.5. The zero-order valence-corrected chi connectivity index (χ0v) is 42.8. The van der Waals surface area contributed by atoms with Gasteiger partial charge in [0.25, 0.3) is 0 Å². The minimum Gasteiger partial charge on any atom is -0.394 e. The molecule has 1 heterocycles. The molecule has 0 saturated carbocycles. The van der Waals surface area contributed by atoms with Crippen LogP contribution in [0.5, 0.6) is 0 Å². The normalized spacial score (nSPS) is 20.1. The molecular weight excluding hydrogens is 859 g/mol. The highest BCUT2D eigenvalue weighted by molar-refractivity contribution is 7.80. The number of nitrogens with one attached hydrogen (secondary N) is 1. The van der Waals surface area contributed by atoms with Gasteiger partial charge in [-0.3, -0.25) is 9.35 Å². The van der Waals surface area contributed by atoms with Gasteiger partial charge in [0.15, 0.2) is 6.29 Å². The Kier molecular flexibility index (Phi) is 41.3. The molecular formula is C53H101NO11S. The molecule has 1 aliphatic heterocycles. The van der Waals surface area contributed by atoms with Gasteiger partial charge in [-0.15, -0.1) is 0 Å². The van der Waals surface area contributed by atoms with E-state index < -0.39 is 59.9 Å². The van der Waals surface area contributed by atoms with Gasteiger partial charge >= 0.3 is 10.4 Å². The standard InChI is InChI=1S/C53H101NO11S/c1-3-5-7-9-11-13-15-17-19-21-23-24-25-27-29-31-33-35-37-39-41-43-49(57)54-46(45-63-53-51(59)52(65-66(60,61)62)50(58)48(44-55)64-53)47(56)42-40-38-36-34-32-30-28-26-22-20-18-16-14-12-10-8-6-4-2/h24-25,40,42,46-48,50-53,55-56,58-59H,3-23,26-39,41,43-45H2,1-2H3,(H,54,57)(H,60,61,62)/b25-24-,42-40+. The summed E-state index contributed by atoms with van der Waals surface area (Å²) in [5, 5.41) is 44.9. The second-order valence-electron chi connectivity index (χ2n) is 19.2. The monoisotopic (exact) mass is 960 g/mol. The van der Waals surface area contributed by atoms with E-state index >= 15 is 0 Å². The highest BCUT2D eigenvalue weighted by Crippen LogP contribution is 2.26.